The van der Waals surface area contributed by atoms with Gasteiger partial charge >= 0.3 is 0 Å². The van der Waals surface area contributed by atoms with Gasteiger partial charge in [0, 0.05) is 5.27 Å². The molecule has 1 aromatic rings. The normalized spacial score (nSPS) is 9.29. The zero-order chi connectivity index (χ0) is 5.11. The molecule has 1 rings (SSSR count). The van der Waals surface area contributed by atoms with Crippen molar-refractivity contribution in [2.45, 2.75) is 6.42 Å². The first-order valence-electron chi connectivity index (χ1n) is 1.98. The van der Waals surface area contributed by atoms with Crippen LogP contribution >= 0.6 is 0 Å². The number of rotatable bonds is 1. The largest absolute Gasteiger partial charge is 0.345 e. The molecule has 3 heteroatoms. The van der Waals surface area contributed by atoms with Gasteiger partial charge in [-0.05, 0) is 13.3 Å². The maximum absolute atomic E-state index is 4.40. The Balaban J connectivity index is 2.76. The Labute approximate surface area is 41.3 Å². The van der Waals surface area contributed by atoms with Crippen LogP contribution in [0.3, 0.4) is 0 Å². The number of aromatic nitrogens is 2. The van der Waals surface area contributed by atoms with Gasteiger partial charge in [0.25, 0.3) is 0 Å². The molecule has 0 aliphatic carbocycles. The second-order valence-corrected chi connectivity index (χ2v) is 1.15. The van der Waals surface area contributed by atoms with Gasteiger partial charge in [-0.3, -0.25) is 0 Å². The molecule has 3 nitrogen and oxygen atoms in total. The van der Waals surface area contributed by atoms with Crippen molar-refractivity contribution in [1.82, 2.24) is 10.4 Å². The van der Waals surface area contributed by atoms with E-state index >= 15 is 0 Å². The number of nitrogens with zero attached hydrogens (tertiary/aromatic N) is 2. The first kappa shape index (κ1) is 4.30. The van der Waals surface area contributed by atoms with Crippen LogP contribution in [-0.2, 0) is 6.42 Å². The Morgan fingerprint density at radius 1 is 1.86 bits per heavy atom. The molecule has 37 valence electrons. The van der Waals surface area contributed by atoms with Gasteiger partial charge in [0.05, 0.1) is 0 Å². The number of hydrogen-bond donors (Lipinski definition) is 0. The van der Waals surface area contributed by atoms with Crippen LogP contribution in [0.4, 0.5) is 0 Å². The van der Waals surface area contributed by atoms with Crippen LogP contribution in [0.25, 0.3) is 0 Å². The molecule has 0 amide bonds. The van der Waals surface area contributed by atoms with Gasteiger partial charge in [0.1, 0.15) is 12.0 Å². The topological polar surface area (TPSA) is 38.9 Å². The third-order valence-electron chi connectivity index (χ3n) is 0.661. The molecular weight excluding hydrogens is 92.1 g/mol. The highest BCUT2D eigenvalue weighted by Gasteiger charge is 1.87. The molecule has 1 heterocycles. The molecule has 0 spiro atoms. The van der Waals surface area contributed by atoms with Crippen LogP contribution in [0.15, 0.2) is 10.8 Å². The van der Waals surface area contributed by atoms with Crippen LogP contribution in [-0.4, -0.2) is 10.4 Å². The Kier molecular flexibility index (Phi) is 1.06. The summed E-state index contributed by atoms with van der Waals surface area (Å²) in [6.45, 7) is 3.57. The van der Waals surface area contributed by atoms with Gasteiger partial charge in [-0.2, -0.15) is 0 Å². The molecule has 1 radical (unpaired) electrons. The average molecular weight is 97.1 g/mol. The summed E-state index contributed by atoms with van der Waals surface area (Å²) in [6.07, 6.45) is 2.12. The summed E-state index contributed by atoms with van der Waals surface area (Å²) in [6, 6.07) is 0. The lowest BCUT2D eigenvalue weighted by Crippen LogP contribution is -1.76. The van der Waals surface area contributed by atoms with Gasteiger partial charge in [0.2, 0.25) is 0 Å². The molecule has 0 atom stereocenters. The molecule has 0 aliphatic heterocycles. The van der Waals surface area contributed by atoms with Gasteiger partial charge < -0.3 is 4.52 Å². The molecule has 7 heavy (non-hydrogen) atoms. The zero-order valence-electron chi connectivity index (χ0n) is 3.79. The summed E-state index contributed by atoms with van der Waals surface area (Å²) < 4.78 is 4.40. The van der Waals surface area contributed by atoms with Crippen LogP contribution in [0.5, 0.6) is 0 Å². The van der Waals surface area contributed by atoms with Crippen LogP contribution in [0.1, 0.15) is 5.69 Å². The van der Waals surface area contributed by atoms with Crippen LogP contribution in [0.2, 0.25) is 0 Å². The van der Waals surface area contributed by atoms with Crippen molar-refractivity contribution in [3.05, 3.63) is 18.9 Å². The van der Waals surface area contributed by atoms with E-state index < -0.39 is 0 Å². The fourth-order valence-corrected chi connectivity index (χ4v) is 0.293. The van der Waals surface area contributed by atoms with Crippen LogP contribution < -0.4 is 0 Å². The molecule has 0 aromatic carbocycles. The summed E-state index contributed by atoms with van der Waals surface area (Å²) >= 11 is 0. The monoisotopic (exact) mass is 97.0 g/mol. The minimum absolute atomic E-state index is 0.642. The summed E-state index contributed by atoms with van der Waals surface area (Å²) in [5.41, 5.74) is 0.792. The van der Waals surface area contributed by atoms with Crippen molar-refractivity contribution in [2.75, 3.05) is 0 Å². The van der Waals surface area contributed by atoms with E-state index in [0.717, 1.165) is 5.69 Å². The minimum atomic E-state index is 0.642. The Morgan fingerprint density at radius 2 is 2.71 bits per heavy atom. The predicted octanol–water partition coefficient (Wildman–Crippen LogP) is 0.446. The Morgan fingerprint density at radius 3 is 3.00 bits per heavy atom. The second-order valence-electron chi connectivity index (χ2n) is 1.15. The Hall–Kier alpha value is -0.860. The highest BCUT2D eigenvalue weighted by atomic mass is 16.5. The molecule has 1 aromatic heterocycles. The number of hydrogen-bond acceptors (Lipinski definition) is 3. The van der Waals surface area contributed by atoms with Gasteiger partial charge in [0.15, 0.2) is 0 Å². The summed E-state index contributed by atoms with van der Waals surface area (Å²) in [5.74, 6) is 0. The van der Waals surface area contributed by atoms with E-state index in [2.05, 4.69) is 21.8 Å². The smallest absolute Gasteiger partial charge is 0.147 e. The van der Waals surface area contributed by atoms with E-state index in [4.69, 9.17) is 0 Å². The first-order valence-corrected chi connectivity index (χ1v) is 1.98. The Bertz CT molecular complexity index is 124. The summed E-state index contributed by atoms with van der Waals surface area (Å²) in [7, 11) is 0. The van der Waals surface area contributed by atoms with E-state index in [-0.39, 0.29) is 0 Å². The third kappa shape index (κ3) is 0.765. The lowest BCUT2D eigenvalue weighted by molar-refractivity contribution is 0.392. The fraction of sp³-hybridized carbons (Fsp3) is 0.250. The van der Waals surface area contributed by atoms with Gasteiger partial charge in [-0.25, -0.2) is 0 Å². The fourth-order valence-electron chi connectivity index (χ4n) is 0.293. The molecule has 0 bridgehead atoms. The van der Waals surface area contributed by atoms with Gasteiger partial charge in [-0.1, -0.05) is 0 Å². The average Bonchev–Trinajstić information content (AvgIpc) is 2.14. The maximum Gasteiger partial charge on any atom is 0.147 e. The van der Waals surface area contributed by atoms with Gasteiger partial charge in [-0.15, -0.1) is 5.10 Å². The molecule has 0 fully saturated rings. The molecule has 0 saturated heterocycles. The third-order valence-corrected chi connectivity index (χ3v) is 0.661. The lowest BCUT2D eigenvalue weighted by atomic mass is 10.4. The second kappa shape index (κ2) is 1.73. The lowest BCUT2D eigenvalue weighted by Gasteiger charge is -1.72. The highest BCUT2D eigenvalue weighted by molar-refractivity contribution is 4.88. The molecular formula is C4H5N2O. The maximum atomic E-state index is 4.40. The quantitative estimate of drug-likeness (QED) is 0.510. The zero-order valence-corrected chi connectivity index (χ0v) is 3.79. The molecule has 0 aliphatic rings. The van der Waals surface area contributed by atoms with Crippen molar-refractivity contribution >= 4 is 0 Å². The van der Waals surface area contributed by atoms with E-state index in [0.29, 0.717) is 6.42 Å². The first-order chi connectivity index (χ1) is 3.43. The van der Waals surface area contributed by atoms with Crippen molar-refractivity contribution in [3.8, 4) is 0 Å². The predicted molar refractivity (Wildman–Crippen MR) is 23.4 cm³/mol. The molecule has 0 unspecified atom stereocenters. The SMILES string of the molecule is [CH2]Cc1conn1. The molecule has 0 N–H and O–H groups in total. The van der Waals surface area contributed by atoms with Crippen molar-refractivity contribution in [1.29, 1.82) is 0 Å². The van der Waals surface area contributed by atoms with E-state index in [1.54, 1.807) is 0 Å². The van der Waals surface area contributed by atoms with E-state index in [1.807, 2.05) is 0 Å². The van der Waals surface area contributed by atoms with E-state index in [1.165, 1.54) is 6.26 Å². The standard InChI is InChI=1S/C4H5N2O/c1-2-4-3-7-6-5-4/h3H,1-2H2. The molecule has 0 saturated carbocycles. The summed E-state index contributed by atoms with van der Waals surface area (Å²) in [5, 5.41) is 6.78. The van der Waals surface area contributed by atoms with E-state index in [9.17, 15) is 0 Å². The van der Waals surface area contributed by atoms with Crippen molar-refractivity contribution in [3.63, 3.8) is 0 Å². The minimum Gasteiger partial charge on any atom is -0.345 e. The highest BCUT2D eigenvalue weighted by Crippen LogP contribution is 1.88. The van der Waals surface area contributed by atoms with Crippen molar-refractivity contribution in [2.24, 2.45) is 0 Å². The van der Waals surface area contributed by atoms with Crippen molar-refractivity contribution < 1.29 is 4.52 Å². The van der Waals surface area contributed by atoms with Crippen LogP contribution in [0, 0.1) is 6.92 Å². The summed E-state index contributed by atoms with van der Waals surface area (Å²) in [4.78, 5) is 0.